The fourth-order valence-electron chi connectivity index (χ4n) is 2.51. The van der Waals surface area contributed by atoms with Crippen molar-refractivity contribution in [2.45, 2.75) is 23.1 Å². The summed E-state index contributed by atoms with van der Waals surface area (Å²) in [4.78, 5) is 16.3. The third-order valence-corrected chi connectivity index (χ3v) is 5.80. The first-order valence-corrected chi connectivity index (χ1v) is 11.0. The van der Waals surface area contributed by atoms with Crippen LogP contribution in [0, 0.1) is 5.82 Å². The van der Waals surface area contributed by atoms with Crippen molar-refractivity contribution in [3.63, 3.8) is 0 Å². The number of primary sulfonamides is 1. The minimum absolute atomic E-state index is 0.0104. The number of nitrogens with one attached hydrogen (secondary N) is 1. The van der Waals surface area contributed by atoms with E-state index < -0.39 is 10.0 Å². The Labute approximate surface area is 171 Å². The van der Waals surface area contributed by atoms with Crippen LogP contribution in [0.5, 0.6) is 0 Å². The van der Waals surface area contributed by atoms with Crippen molar-refractivity contribution < 1.29 is 22.0 Å². The second-order valence-electron chi connectivity index (χ2n) is 6.19. The zero-order valence-corrected chi connectivity index (χ0v) is 17.0. The average molecular weight is 436 g/mol. The zero-order valence-electron chi connectivity index (χ0n) is 15.3. The Bertz CT molecular complexity index is 1100. The van der Waals surface area contributed by atoms with Crippen molar-refractivity contribution in [2.24, 2.45) is 5.14 Å². The molecule has 1 unspecified atom stereocenters. The van der Waals surface area contributed by atoms with Gasteiger partial charge in [0.25, 0.3) is 5.22 Å². The topological polar surface area (TPSA) is 115 Å². The smallest absolute Gasteiger partial charge is 0.256 e. The summed E-state index contributed by atoms with van der Waals surface area (Å²) in [6.07, 6.45) is 1.52. The second-order valence-corrected chi connectivity index (χ2v) is 8.68. The van der Waals surface area contributed by atoms with Crippen LogP contribution in [0.15, 0.2) is 69.3 Å². The molecule has 0 aliphatic heterocycles. The van der Waals surface area contributed by atoms with Crippen LogP contribution < -0.4 is 10.5 Å². The maximum atomic E-state index is 13.0. The van der Waals surface area contributed by atoms with E-state index in [-0.39, 0.29) is 28.4 Å². The first-order chi connectivity index (χ1) is 13.7. The Morgan fingerprint density at radius 3 is 2.48 bits per heavy atom. The van der Waals surface area contributed by atoms with Gasteiger partial charge in [0, 0.05) is 5.56 Å². The fraction of sp³-hybridized carbons (Fsp3) is 0.158. The molecule has 0 spiro atoms. The molecule has 0 aliphatic carbocycles. The highest BCUT2D eigenvalue weighted by Crippen LogP contribution is 2.25. The van der Waals surface area contributed by atoms with E-state index in [0.717, 1.165) is 17.3 Å². The maximum Gasteiger partial charge on any atom is 0.256 e. The first-order valence-electron chi connectivity index (χ1n) is 8.49. The molecule has 0 fully saturated rings. The van der Waals surface area contributed by atoms with E-state index in [1.807, 2.05) is 0 Å². The van der Waals surface area contributed by atoms with Crippen molar-refractivity contribution in [2.75, 3.05) is 5.75 Å². The van der Waals surface area contributed by atoms with E-state index in [1.165, 1.54) is 30.5 Å². The number of benzene rings is 2. The highest BCUT2D eigenvalue weighted by molar-refractivity contribution is 7.99. The van der Waals surface area contributed by atoms with Crippen LogP contribution in [0.25, 0.3) is 11.3 Å². The monoisotopic (exact) mass is 435 g/mol. The predicted octanol–water partition coefficient (Wildman–Crippen LogP) is 3.10. The quantitative estimate of drug-likeness (QED) is 0.551. The van der Waals surface area contributed by atoms with Gasteiger partial charge in [0.2, 0.25) is 15.9 Å². The highest BCUT2D eigenvalue weighted by atomic mass is 32.2. The van der Waals surface area contributed by atoms with E-state index in [9.17, 15) is 17.6 Å². The van der Waals surface area contributed by atoms with E-state index >= 15 is 0 Å². The van der Waals surface area contributed by atoms with Gasteiger partial charge in [-0.05, 0) is 48.9 Å². The summed E-state index contributed by atoms with van der Waals surface area (Å²) >= 11 is 1.13. The van der Waals surface area contributed by atoms with Crippen molar-refractivity contribution in [1.82, 2.24) is 10.3 Å². The van der Waals surface area contributed by atoms with Gasteiger partial charge in [-0.2, -0.15) is 0 Å². The Hall–Kier alpha value is -2.69. The molecular formula is C19H18FN3O4S2. The largest absolute Gasteiger partial charge is 0.431 e. The molecule has 2 aromatic carbocycles. The van der Waals surface area contributed by atoms with Crippen LogP contribution in [0.4, 0.5) is 4.39 Å². The highest BCUT2D eigenvalue weighted by Gasteiger charge is 2.14. The summed E-state index contributed by atoms with van der Waals surface area (Å²) in [6, 6.07) is 11.5. The van der Waals surface area contributed by atoms with Gasteiger partial charge in [-0.3, -0.25) is 4.79 Å². The van der Waals surface area contributed by atoms with Gasteiger partial charge in [-0.25, -0.2) is 22.9 Å². The molecule has 0 saturated carbocycles. The van der Waals surface area contributed by atoms with Crippen LogP contribution >= 0.6 is 11.8 Å². The van der Waals surface area contributed by atoms with Crippen LogP contribution in [0.3, 0.4) is 0 Å². The fourth-order valence-corrected chi connectivity index (χ4v) is 3.64. The van der Waals surface area contributed by atoms with Gasteiger partial charge in [0.05, 0.1) is 22.9 Å². The molecular weight excluding hydrogens is 417 g/mol. The summed E-state index contributed by atoms with van der Waals surface area (Å²) in [5.41, 5.74) is 1.43. The number of amides is 1. The van der Waals surface area contributed by atoms with Gasteiger partial charge in [0.15, 0.2) is 5.76 Å². The molecule has 1 aromatic heterocycles. The molecule has 29 heavy (non-hydrogen) atoms. The molecule has 3 N–H and O–H groups in total. The molecule has 0 radical (unpaired) electrons. The number of sulfonamides is 1. The standard InChI is InChI=1S/C19H18FN3O4S2/c1-12(13-4-8-16(9-5-13)29(21,25)26)23-18(24)11-28-19-22-10-17(27-19)14-2-6-15(20)7-3-14/h2-10,12H,11H2,1H3,(H,23,24)(H2,21,25,26). The molecule has 0 aliphatic rings. The molecule has 0 bridgehead atoms. The number of carbonyl (C=O) groups excluding carboxylic acids is 1. The van der Waals surface area contributed by atoms with Crippen molar-refractivity contribution in [1.29, 1.82) is 0 Å². The Morgan fingerprint density at radius 2 is 1.86 bits per heavy atom. The average Bonchev–Trinajstić information content (AvgIpc) is 3.15. The number of thioether (sulfide) groups is 1. The number of oxazole rings is 1. The number of hydrogen-bond acceptors (Lipinski definition) is 6. The number of nitrogens with two attached hydrogens (primary N) is 1. The van der Waals surface area contributed by atoms with Crippen LogP contribution in [-0.4, -0.2) is 25.1 Å². The lowest BCUT2D eigenvalue weighted by molar-refractivity contribution is -0.119. The molecule has 10 heteroatoms. The van der Waals surface area contributed by atoms with E-state index in [1.54, 1.807) is 31.2 Å². The lowest BCUT2D eigenvalue weighted by Crippen LogP contribution is -2.28. The summed E-state index contributed by atoms with van der Waals surface area (Å²) in [7, 11) is -3.75. The lowest BCUT2D eigenvalue weighted by Gasteiger charge is -2.14. The Morgan fingerprint density at radius 1 is 1.21 bits per heavy atom. The molecule has 7 nitrogen and oxygen atoms in total. The van der Waals surface area contributed by atoms with E-state index in [4.69, 9.17) is 9.56 Å². The van der Waals surface area contributed by atoms with Gasteiger partial charge in [-0.15, -0.1) is 0 Å². The molecule has 3 aromatic rings. The van der Waals surface area contributed by atoms with Gasteiger partial charge in [-0.1, -0.05) is 23.9 Å². The number of nitrogens with zero attached hydrogens (tertiary/aromatic N) is 1. The maximum absolute atomic E-state index is 13.0. The lowest BCUT2D eigenvalue weighted by atomic mass is 10.1. The predicted molar refractivity (Wildman–Crippen MR) is 107 cm³/mol. The molecule has 152 valence electrons. The van der Waals surface area contributed by atoms with Crippen LogP contribution in [0.2, 0.25) is 0 Å². The van der Waals surface area contributed by atoms with Gasteiger partial charge >= 0.3 is 0 Å². The Kier molecular flexibility index (Phi) is 6.36. The first kappa shape index (κ1) is 21.0. The third-order valence-electron chi connectivity index (χ3n) is 4.03. The second kappa shape index (κ2) is 8.76. The number of hydrogen-bond donors (Lipinski definition) is 2. The minimum atomic E-state index is -3.75. The summed E-state index contributed by atoms with van der Waals surface area (Å²) in [5.74, 6) is -0.00749. The number of carbonyl (C=O) groups is 1. The van der Waals surface area contributed by atoms with Crippen LogP contribution in [-0.2, 0) is 14.8 Å². The number of halogens is 1. The van der Waals surface area contributed by atoms with Crippen molar-refractivity contribution >= 4 is 27.7 Å². The molecule has 1 heterocycles. The summed E-state index contributed by atoms with van der Waals surface area (Å²) < 4.78 is 41.1. The van der Waals surface area contributed by atoms with Crippen molar-refractivity contribution in [3.8, 4) is 11.3 Å². The molecule has 1 amide bonds. The number of aromatic nitrogens is 1. The van der Waals surface area contributed by atoms with E-state index in [0.29, 0.717) is 16.5 Å². The zero-order chi connectivity index (χ0) is 21.0. The van der Waals surface area contributed by atoms with Gasteiger partial charge in [0.1, 0.15) is 5.82 Å². The minimum Gasteiger partial charge on any atom is -0.431 e. The third kappa shape index (κ3) is 5.66. The normalized spacial score (nSPS) is 12.5. The van der Waals surface area contributed by atoms with E-state index in [2.05, 4.69) is 10.3 Å². The molecule has 1 atom stereocenters. The summed E-state index contributed by atoms with van der Waals surface area (Å²) in [6.45, 7) is 1.78. The Balaban J connectivity index is 1.54. The molecule has 0 saturated heterocycles. The SMILES string of the molecule is CC(NC(=O)CSc1ncc(-c2ccc(F)cc2)o1)c1ccc(S(N)(=O)=O)cc1. The molecule has 3 rings (SSSR count). The summed E-state index contributed by atoms with van der Waals surface area (Å²) in [5, 5.41) is 8.21. The van der Waals surface area contributed by atoms with Crippen LogP contribution in [0.1, 0.15) is 18.5 Å². The van der Waals surface area contributed by atoms with Crippen molar-refractivity contribution in [3.05, 3.63) is 66.1 Å². The van der Waals surface area contributed by atoms with Gasteiger partial charge < -0.3 is 9.73 Å². The number of rotatable bonds is 7.